The summed E-state index contributed by atoms with van der Waals surface area (Å²) >= 11 is 0. The SMILES string of the molecule is CC(C)N1CCC(CS(=O)(=O)N2CC[C@H](NC(=O)c3cc(C4CC4)on3)C[C@@H]2C)CC1. The second-order valence-electron chi connectivity index (χ2n) is 9.89. The first kappa shape index (κ1) is 22.7. The summed E-state index contributed by atoms with van der Waals surface area (Å²) in [5.41, 5.74) is 0.317. The Labute approximate surface area is 185 Å². The molecule has 3 heterocycles. The van der Waals surface area contributed by atoms with Gasteiger partial charge in [-0.2, -0.15) is 4.31 Å². The highest BCUT2D eigenvalue weighted by atomic mass is 32.2. The molecule has 1 aromatic rings. The first-order valence-corrected chi connectivity index (χ1v) is 13.3. The van der Waals surface area contributed by atoms with Gasteiger partial charge >= 0.3 is 0 Å². The minimum absolute atomic E-state index is 0.0516. The Morgan fingerprint density at radius 1 is 1.19 bits per heavy atom. The number of amides is 1. The van der Waals surface area contributed by atoms with Gasteiger partial charge in [0.2, 0.25) is 10.0 Å². The van der Waals surface area contributed by atoms with E-state index in [1.54, 1.807) is 10.4 Å². The average Bonchev–Trinajstić information content (AvgIpc) is 3.44. The van der Waals surface area contributed by atoms with Crippen LogP contribution in [0.15, 0.2) is 10.6 Å². The van der Waals surface area contributed by atoms with Crippen molar-refractivity contribution in [1.29, 1.82) is 0 Å². The third kappa shape index (κ3) is 5.49. The summed E-state index contributed by atoms with van der Waals surface area (Å²) in [5, 5.41) is 6.92. The Morgan fingerprint density at radius 3 is 2.52 bits per heavy atom. The van der Waals surface area contributed by atoms with Crippen molar-refractivity contribution in [3.63, 3.8) is 0 Å². The Hall–Kier alpha value is -1.45. The van der Waals surface area contributed by atoms with Crippen LogP contribution in [0.5, 0.6) is 0 Å². The summed E-state index contributed by atoms with van der Waals surface area (Å²) < 4.78 is 33.1. The third-order valence-electron chi connectivity index (χ3n) is 7.07. The maximum absolute atomic E-state index is 13.1. The minimum Gasteiger partial charge on any atom is -0.360 e. The molecule has 174 valence electrons. The number of nitrogens with one attached hydrogen (secondary N) is 1. The number of hydrogen-bond donors (Lipinski definition) is 1. The first-order chi connectivity index (χ1) is 14.7. The molecule has 1 aliphatic carbocycles. The van der Waals surface area contributed by atoms with Crippen molar-refractivity contribution in [2.45, 2.75) is 83.3 Å². The van der Waals surface area contributed by atoms with E-state index in [-0.39, 0.29) is 29.7 Å². The van der Waals surface area contributed by atoms with Crippen molar-refractivity contribution < 1.29 is 17.7 Å². The lowest BCUT2D eigenvalue weighted by Gasteiger charge is -2.39. The molecule has 9 heteroatoms. The highest BCUT2D eigenvalue weighted by Crippen LogP contribution is 2.40. The molecule has 0 radical (unpaired) electrons. The highest BCUT2D eigenvalue weighted by molar-refractivity contribution is 7.89. The molecule has 31 heavy (non-hydrogen) atoms. The fraction of sp³-hybridized carbons (Fsp3) is 0.818. The van der Waals surface area contributed by atoms with E-state index >= 15 is 0 Å². The molecule has 3 fully saturated rings. The van der Waals surface area contributed by atoms with Gasteiger partial charge in [0.25, 0.3) is 5.91 Å². The van der Waals surface area contributed by atoms with E-state index in [0.717, 1.165) is 44.5 Å². The van der Waals surface area contributed by atoms with E-state index in [1.807, 2.05) is 6.92 Å². The Balaban J connectivity index is 1.27. The van der Waals surface area contributed by atoms with Crippen LogP contribution in [-0.4, -0.2) is 72.2 Å². The molecule has 0 aromatic carbocycles. The number of aromatic nitrogens is 1. The summed E-state index contributed by atoms with van der Waals surface area (Å²) in [4.78, 5) is 14.9. The molecule has 0 spiro atoms. The maximum Gasteiger partial charge on any atom is 0.273 e. The van der Waals surface area contributed by atoms with Gasteiger partial charge in [-0.05, 0) is 78.3 Å². The Bertz CT molecular complexity index is 872. The van der Waals surface area contributed by atoms with E-state index in [1.165, 1.54) is 0 Å². The van der Waals surface area contributed by atoms with Crippen molar-refractivity contribution in [1.82, 2.24) is 19.7 Å². The van der Waals surface area contributed by atoms with E-state index in [4.69, 9.17) is 4.52 Å². The van der Waals surface area contributed by atoms with E-state index < -0.39 is 10.0 Å². The van der Waals surface area contributed by atoms with Crippen molar-refractivity contribution in [2.75, 3.05) is 25.4 Å². The molecule has 2 aliphatic heterocycles. The van der Waals surface area contributed by atoms with Crippen molar-refractivity contribution in [3.8, 4) is 0 Å². The minimum atomic E-state index is -3.30. The predicted octanol–water partition coefficient (Wildman–Crippen LogP) is 2.58. The van der Waals surface area contributed by atoms with Crippen LogP contribution in [-0.2, 0) is 10.0 Å². The Kier molecular flexibility index (Phi) is 6.74. The zero-order valence-corrected chi connectivity index (χ0v) is 19.7. The number of nitrogens with zero attached hydrogens (tertiary/aromatic N) is 3. The fourth-order valence-electron chi connectivity index (χ4n) is 4.94. The lowest BCUT2D eigenvalue weighted by Crippen LogP contribution is -2.52. The van der Waals surface area contributed by atoms with Crippen LogP contribution in [0, 0.1) is 5.92 Å². The number of piperidine rings is 2. The van der Waals surface area contributed by atoms with E-state index in [0.29, 0.717) is 37.0 Å². The van der Waals surface area contributed by atoms with E-state index in [2.05, 4.69) is 29.2 Å². The molecule has 2 atom stereocenters. The van der Waals surface area contributed by atoms with Gasteiger partial charge in [-0.15, -0.1) is 0 Å². The fourth-order valence-corrected chi connectivity index (χ4v) is 7.08. The van der Waals surface area contributed by atoms with Crippen molar-refractivity contribution in [3.05, 3.63) is 17.5 Å². The molecular weight excluding hydrogens is 416 g/mol. The molecule has 4 rings (SSSR count). The predicted molar refractivity (Wildman–Crippen MR) is 118 cm³/mol. The number of carbonyl (C=O) groups is 1. The van der Waals surface area contributed by atoms with Gasteiger partial charge in [0, 0.05) is 36.7 Å². The van der Waals surface area contributed by atoms with Crippen LogP contribution in [0.1, 0.15) is 81.5 Å². The second-order valence-corrected chi connectivity index (χ2v) is 11.9. The molecule has 1 aromatic heterocycles. The summed E-state index contributed by atoms with van der Waals surface area (Å²) in [6, 6.07) is 2.08. The summed E-state index contributed by atoms with van der Waals surface area (Å²) in [7, 11) is -3.30. The molecule has 0 unspecified atom stereocenters. The maximum atomic E-state index is 13.1. The molecule has 1 saturated carbocycles. The number of rotatable bonds is 7. The van der Waals surface area contributed by atoms with Gasteiger partial charge in [-0.25, -0.2) is 8.42 Å². The summed E-state index contributed by atoms with van der Waals surface area (Å²) in [6.07, 6.45) is 5.31. The van der Waals surface area contributed by atoms with E-state index in [9.17, 15) is 13.2 Å². The largest absolute Gasteiger partial charge is 0.360 e. The highest BCUT2D eigenvalue weighted by Gasteiger charge is 2.36. The summed E-state index contributed by atoms with van der Waals surface area (Å²) in [5.74, 6) is 1.45. The van der Waals surface area contributed by atoms with Crippen LogP contribution < -0.4 is 5.32 Å². The van der Waals surface area contributed by atoms with Crippen LogP contribution in [0.3, 0.4) is 0 Å². The number of carbonyl (C=O) groups excluding carboxylic acids is 1. The normalized spacial score (nSPS) is 27.0. The molecule has 3 aliphatic rings. The first-order valence-electron chi connectivity index (χ1n) is 11.7. The molecular formula is C22H36N4O4S. The smallest absolute Gasteiger partial charge is 0.273 e. The second kappa shape index (κ2) is 9.19. The number of likely N-dealkylation sites (tertiary alicyclic amines) is 1. The zero-order valence-electron chi connectivity index (χ0n) is 18.9. The zero-order chi connectivity index (χ0) is 22.2. The lowest BCUT2D eigenvalue weighted by molar-refractivity contribution is 0.0905. The molecule has 1 amide bonds. The lowest BCUT2D eigenvalue weighted by atomic mass is 9.98. The van der Waals surface area contributed by atoms with Gasteiger partial charge in [0.1, 0.15) is 5.76 Å². The molecule has 8 nitrogen and oxygen atoms in total. The van der Waals surface area contributed by atoms with Gasteiger partial charge in [-0.3, -0.25) is 4.79 Å². The summed E-state index contributed by atoms with van der Waals surface area (Å²) in [6.45, 7) is 8.73. The van der Waals surface area contributed by atoms with Gasteiger partial charge in [-0.1, -0.05) is 5.16 Å². The Morgan fingerprint density at radius 2 is 1.90 bits per heavy atom. The molecule has 0 bridgehead atoms. The average molecular weight is 453 g/mol. The quantitative estimate of drug-likeness (QED) is 0.683. The van der Waals surface area contributed by atoms with Crippen LogP contribution >= 0.6 is 0 Å². The van der Waals surface area contributed by atoms with Crippen LogP contribution in [0.25, 0.3) is 0 Å². The van der Waals surface area contributed by atoms with Crippen LogP contribution in [0.2, 0.25) is 0 Å². The molecule has 2 saturated heterocycles. The van der Waals surface area contributed by atoms with Crippen LogP contribution in [0.4, 0.5) is 0 Å². The van der Waals surface area contributed by atoms with Gasteiger partial charge in [0.15, 0.2) is 5.69 Å². The third-order valence-corrected chi connectivity index (χ3v) is 9.22. The van der Waals surface area contributed by atoms with Crippen molar-refractivity contribution in [2.24, 2.45) is 5.92 Å². The topological polar surface area (TPSA) is 95.8 Å². The van der Waals surface area contributed by atoms with Gasteiger partial charge < -0.3 is 14.7 Å². The van der Waals surface area contributed by atoms with Gasteiger partial charge in [0.05, 0.1) is 5.75 Å². The monoisotopic (exact) mass is 452 g/mol. The number of sulfonamides is 1. The molecule has 1 N–H and O–H groups in total. The van der Waals surface area contributed by atoms with Crippen molar-refractivity contribution >= 4 is 15.9 Å². The standard InChI is InChI=1S/C22H36N4O4S/c1-15(2)25-9-6-17(7-10-25)14-31(28,29)26-11-8-19(12-16(26)3)23-22(27)20-13-21(30-24-20)18-4-5-18/h13,15-19H,4-12,14H2,1-3H3,(H,23,27)/t16-,19-/m0/s1. The number of hydrogen-bond acceptors (Lipinski definition) is 6.